The highest BCUT2D eigenvalue weighted by Crippen LogP contribution is 2.37. The number of hydrogen-bond donors (Lipinski definition) is 2. The molecule has 3 N–H and O–H groups in total. The summed E-state index contributed by atoms with van der Waals surface area (Å²) in [7, 11) is 0. The van der Waals surface area contributed by atoms with E-state index in [1.54, 1.807) is 6.08 Å². The number of rotatable bonds is 6. The van der Waals surface area contributed by atoms with Crippen LogP contribution in [0.3, 0.4) is 0 Å². The SMILES string of the molecule is C=CCC[C@H]1O[C@@H](n2cnc3c(=O)[nH]c(N)nc32)C(OC(C)=O)C1OC(C)=O. The standard InChI is InChI=1S/C17H21N5O6/c1-4-5-6-10-12(26-8(2)23)13(27-9(3)24)16(28-10)22-7-19-11-14(22)20-17(18)21-15(11)25/h4,7,10,12-13,16H,1,5-6H2,2-3H3,(H3,18,20,21,25)/t10-,12?,13?,16-/m1/s1. The van der Waals surface area contributed by atoms with Crippen molar-refractivity contribution in [2.24, 2.45) is 0 Å². The number of esters is 2. The summed E-state index contributed by atoms with van der Waals surface area (Å²) < 4.78 is 18.3. The maximum Gasteiger partial charge on any atom is 0.303 e. The number of nitrogen functional groups attached to an aromatic ring is 1. The second-order valence-electron chi connectivity index (χ2n) is 6.35. The third-order valence-electron chi connectivity index (χ3n) is 4.27. The highest BCUT2D eigenvalue weighted by molar-refractivity contribution is 5.71. The number of carbonyl (C=O) groups is 2. The van der Waals surface area contributed by atoms with Crippen molar-refractivity contribution in [1.29, 1.82) is 0 Å². The van der Waals surface area contributed by atoms with Gasteiger partial charge in [0.1, 0.15) is 6.10 Å². The number of carbonyl (C=O) groups excluding carboxylic acids is 2. The van der Waals surface area contributed by atoms with Crippen LogP contribution in [-0.4, -0.2) is 49.8 Å². The van der Waals surface area contributed by atoms with Crippen LogP contribution in [0.25, 0.3) is 11.2 Å². The number of hydrogen-bond acceptors (Lipinski definition) is 9. The minimum Gasteiger partial charge on any atom is -0.456 e. The molecule has 11 heteroatoms. The minimum absolute atomic E-state index is 0.0537. The molecular weight excluding hydrogens is 370 g/mol. The number of nitrogens with one attached hydrogen (secondary N) is 1. The number of nitrogens with zero attached hydrogens (tertiary/aromatic N) is 3. The van der Waals surface area contributed by atoms with Crippen molar-refractivity contribution in [3.05, 3.63) is 29.3 Å². The van der Waals surface area contributed by atoms with E-state index in [1.807, 2.05) is 0 Å². The van der Waals surface area contributed by atoms with Gasteiger partial charge < -0.3 is 19.9 Å². The third kappa shape index (κ3) is 3.74. The van der Waals surface area contributed by atoms with E-state index >= 15 is 0 Å². The van der Waals surface area contributed by atoms with Gasteiger partial charge in [0.2, 0.25) is 5.95 Å². The van der Waals surface area contributed by atoms with Gasteiger partial charge >= 0.3 is 11.9 Å². The summed E-state index contributed by atoms with van der Waals surface area (Å²) in [6.45, 7) is 6.18. The topological polar surface area (TPSA) is 151 Å². The Hall–Kier alpha value is -3.21. The van der Waals surface area contributed by atoms with Crippen LogP contribution < -0.4 is 11.3 Å². The second kappa shape index (κ2) is 7.80. The quantitative estimate of drug-likeness (QED) is 0.527. The van der Waals surface area contributed by atoms with E-state index in [2.05, 4.69) is 21.5 Å². The average Bonchev–Trinajstić information content (AvgIpc) is 3.15. The zero-order chi connectivity index (χ0) is 20.4. The van der Waals surface area contributed by atoms with Gasteiger partial charge in [-0.3, -0.25) is 23.9 Å². The van der Waals surface area contributed by atoms with Gasteiger partial charge in [0.25, 0.3) is 5.56 Å². The summed E-state index contributed by atoms with van der Waals surface area (Å²) in [5.74, 6) is -1.21. The Bertz CT molecular complexity index is 967. The molecule has 1 aliphatic heterocycles. The smallest absolute Gasteiger partial charge is 0.303 e. The van der Waals surface area contributed by atoms with Gasteiger partial charge in [0, 0.05) is 13.8 Å². The fraction of sp³-hybridized carbons (Fsp3) is 0.471. The van der Waals surface area contributed by atoms with Gasteiger partial charge in [-0.1, -0.05) is 6.08 Å². The summed E-state index contributed by atoms with van der Waals surface area (Å²) in [6.07, 6.45) is 0.843. The molecule has 28 heavy (non-hydrogen) atoms. The van der Waals surface area contributed by atoms with Crippen LogP contribution in [0.15, 0.2) is 23.8 Å². The third-order valence-corrected chi connectivity index (χ3v) is 4.27. The molecule has 2 aromatic heterocycles. The predicted octanol–water partition coefficient (Wildman–Crippen LogP) is 0.429. The molecule has 3 rings (SSSR count). The van der Waals surface area contributed by atoms with Gasteiger partial charge in [-0.25, -0.2) is 4.98 Å². The van der Waals surface area contributed by atoms with E-state index < -0.39 is 42.0 Å². The summed E-state index contributed by atoms with van der Waals surface area (Å²) in [6, 6.07) is 0. The molecule has 3 heterocycles. The fourth-order valence-corrected chi connectivity index (χ4v) is 3.23. The number of fused-ring (bicyclic) bond motifs is 1. The number of anilines is 1. The Balaban J connectivity index is 2.06. The number of imidazole rings is 1. The van der Waals surface area contributed by atoms with Crippen LogP contribution in [-0.2, 0) is 23.8 Å². The molecule has 0 aromatic carbocycles. The molecule has 0 saturated carbocycles. The van der Waals surface area contributed by atoms with Gasteiger partial charge in [-0.05, 0) is 12.8 Å². The molecule has 0 spiro atoms. The van der Waals surface area contributed by atoms with Crippen molar-refractivity contribution >= 4 is 29.1 Å². The van der Waals surface area contributed by atoms with Gasteiger partial charge in [-0.15, -0.1) is 6.58 Å². The molecule has 1 fully saturated rings. The molecule has 0 bridgehead atoms. The Morgan fingerprint density at radius 3 is 2.68 bits per heavy atom. The Morgan fingerprint density at radius 2 is 2.04 bits per heavy atom. The molecule has 150 valence electrons. The van der Waals surface area contributed by atoms with Crippen LogP contribution in [0.2, 0.25) is 0 Å². The minimum atomic E-state index is -0.962. The number of aromatic amines is 1. The number of aromatic nitrogens is 4. The highest BCUT2D eigenvalue weighted by atomic mass is 16.6. The number of nitrogens with two attached hydrogens (primary N) is 1. The molecule has 0 amide bonds. The lowest BCUT2D eigenvalue weighted by Crippen LogP contribution is -2.38. The van der Waals surface area contributed by atoms with E-state index in [9.17, 15) is 14.4 Å². The molecule has 1 saturated heterocycles. The summed E-state index contributed by atoms with van der Waals surface area (Å²) >= 11 is 0. The van der Waals surface area contributed by atoms with Crippen molar-refractivity contribution in [2.75, 3.05) is 5.73 Å². The lowest BCUT2D eigenvalue weighted by atomic mass is 10.1. The first-order chi connectivity index (χ1) is 13.3. The Morgan fingerprint density at radius 1 is 1.36 bits per heavy atom. The monoisotopic (exact) mass is 391 g/mol. The zero-order valence-corrected chi connectivity index (χ0v) is 15.5. The van der Waals surface area contributed by atoms with Crippen LogP contribution >= 0.6 is 0 Å². The van der Waals surface area contributed by atoms with Crippen LogP contribution in [0.1, 0.15) is 32.9 Å². The zero-order valence-electron chi connectivity index (χ0n) is 15.5. The van der Waals surface area contributed by atoms with Crippen molar-refractivity contribution in [3.63, 3.8) is 0 Å². The van der Waals surface area contributed by atoms with E-state index in [1.165, 1.54) is 24.7 Å². The highest BCUT2D eigenvalue weighted by Gasteiger charge is 2.50. The molecule has 0 radical (unpaired) electrons. The molecule has 1 aliphatic rings. The van der Waals surface area contributed by atoms with Gasteiger partial charge in [0.15, 0.2) is 29.6 Å². The van der Waals surface area contributed by atoms with Crippen molar-refractivity contribution in [1.82, 2.24) is 19.5 Å². The molecule has 11 nitrogen and oxygen atoms in total. The molecule has 4 atom stereocenters. The summed E-state index contributed by atoms with van der Waals surface area (Å²) in [4.78, 5) is 45.9. The first kappa shape index (κ1) is 19.5. The number of H-pyrrole nitrogens is 1. The maximum atomic E-state index is 12.0. The first-order valence-electron chi connectivity index (χ1n) is 8.65. The normalized spacial score (nSPS) is 24.2. The van der Waals surface area contributed by atoms with E-state index in [0.29, 0.717) is 12.8 Å². The fourth-order valence-electron chi connectivity index (χ4n) is 3.23. The average molecular weight is 391 g/mol. The van der Waals surface area contributed by atoms with E-state index in [-0.39, 0.29) is 17.1 Å². The van der Waals surface area contributed by atoms with Crippen molar-refractivity contribution in [2.45, 2.75) is 51.2 Å². The largest absolute Gasteiger partial charge is 0.456 e. The Kier molecular flexibility index (Phi) is 5.45. The lowest BCUT2D eigenvalue weighted by Gasteiger charge is -2.23. The van der Waals surface area contributed by atoms with Crippen molar-refractivity contribution < 1.29 is 23.8 Å². The Labute approximate surface area is 159 Å². The molecule has 2 aromatic rings. The molecule has 2 unspecified atom stereocenters. The van der Waals surface area contributed by atoms with E-state index in [0.717, 1.165) is 0 Å². The van der Waals surface area contributed by atoms with Crippen molar-refractivity contribution in [3.8, 4) is 0 Å². The van der Waals surface area contributed by atoms with Crippen LogP contribution in [0.5, 0.6) is 0 Å². The second-order valence-corrected chi connectivity index (χ2v) is 6.35. The summed E-state index contributed by atoms with van der Waals surface area (Å²) in [5, 5.41) is 0. The number of allylic oxidation sites excluding steroid dienone is 1. The van der Waals surface area contributed by atoms with E-state index in [4.69, 9.17) is 19.9 Å². The summed E-state index contributed by atoms with van der Waals surface area (Å²) in [5.41, 5.74) is 5.34. The van der Waals surface area contributed by atoms with Crippen LogP contribution in [0, 0.1) is 0 Å². The van der Waals surface area contributed by atoms with Crippen LogP contribution in [0.4, 0.5) is 5.95 Å². The maximum absolute atomic E-state index is 12.0. The first-order valence-corrected chi connectivity index (χ1v) is 8.65. The lowest BCUT2D eigenvalue weighted by molar-refractivity contribution is -0.165. The van der Waals surface area contributed by atoms with Gasteiger partial charge in [-0.2, -0.15) is 4.98 Å². The molecular formula is C17H21N5O6. The predicted molar refractivity (Wildman–Crippen MR) is 97.0 cm³/mol. The number of ether oxygens (including phenoxy) is 3. The molecule has 0 aliphatic carbocycles. The van der Waals surface area contributed by atoms with Gasteiger partial charge in [0.05, 0.1) is 6.33 Å².